The first-order chi connectivity index (χ1) is 17.4. The van der Waals surface area contributed by atoms with Crippen molar-refractivity contribution >= 4 is 29.8 Å². The number of imide groups is 2. The van der Waals surface area contributed by atoms with Gasteiger partial charge in [0.15, 0.2) is 0 Å². The highest BCUT2D eigenvalue weighted by Crippen LogP contribution is 2.20. The van der Waals surface area contributed by atoms with Crippen LogP contribution in [-0.4, -0.2) is 94.0 Å². The third-order valence-electron chi connectivity index (χ3n) is 5.69. The molecule has 12 heteroatoms. The van der Waals surface area contributed by atoms with E-state index in [4.69, 9.17) is 9.47 Å². The highest BCUT2D eigenvalue weighted by Gasteiger charge is 2.44. The Kier molecular flexibility index (Phi) is 9.81. The molecule has 2 aliphatic heterocycles. The summed E-state index contributed by atoms with van der Waals surface area (Å²) in [7, 11) is 6.39. The summed E-state index contributed by atoms with van der Waals surface area (Å²) >= 11 is 0. The number of carbonyl (C=O) groups excluding carboxylic acids is 5. The Labute approximate surface area is 215 Å². The first-order valence-electron chi connectivity index (χ1n) is 11.5. The minimum absolute atomic E-state index is 0.132. The summed E-state index contributed by atoms with van der Waals surface area (Å²) in [6.45, 7) is 5.34. The van der Waals surface area contributed by atoms with E-state index < -0.39 is 6.23 Å². The molecule has 0 bridgehead atoms. The molecule has 0 aliphatic carbocycles. The van der Waals surface area contributed by atoms with Crippen LogP contribution >= 0.6 is 0 Å². The largest absolute Gasteiger partial charge is 0.461 e. The predicted octanol–water partition coefficient (Wildman–Crippen LogP) is 2.15. The Balaban J connectivity index is 0.000000208. The fraction of sp³-hybridized carbons (Fsp3) is 0.400. The van der Waals surface area contributed by atoms with Gasteiger partial charge in [-0.3, -0.25) is 29.1 Å². The molecule has 2 aromatic rings. The Bertz CT molecular complexity index is 1110. The lowest BCUT2D eigenvalue weighted by atomic mass is 10.3. The molecule has 4 rings (SSSR count). The maximum atomic E-state index is 11.8. The maximum Gasteiger partial charge on any atom is 0.329 e. The van der Waals surface area contributed by atoms with Crippen LogP contribution in [0.1, 0.15) is 20.8 Å². The average Bonchev–Trinajstić information content (AvgIpc) is 3.42. The van der Waals surface area contributed by atoms with E-state index in [-0.39, 0.29) is 35.9 Å². The van der Waals surface area contributed by atoms with Crippen molar-refractivity contribution in [2.75, 3.05) is 27.7 Å². The summed E-state index contributed by atoms with van der Waals surface area (Å²) in [4.78, 5) is 60.9. The van der Waals surface area contributed by atoms with Gasteiger partial charge in [-0.1, -0.05) is 18.2 Å². The number of hydrogen-bond acceptors (Lipinski definition) is 7. The molecule has 2 saturated heterocycles. The summed E-state index contributed by atoms with van der Waals surface area (Å²) < 4.78 is 12.1. The van der Waals surface area contributed by atoms with Gasteiger partial charge in [-0.15, -0.1) is 0 Å². The van der Waals surface area contributed by atoms with Crippen LogP contribution in [0.5, 0.6) is 11.6 Å². The first kappa shape index (κ1) is 28.9. The minimum Gasteiger partial charge on any atom is -0.461 e. The monoisotopic (exact) mass is 515 g/mol. The molecule has 200 valence electrons. The third kappa shape index (κ3) is 6.87. The van der Waals surface area contributed by atoms with Crippen molar-refractivity contribution < 1.29 is 33.4 Å². The van der Waals surface area contributed by atoms with Gasteiger partial charge < -0.3 is 18.9 Å². The number of carbonyl (C=O) groups is 5. The van der Waals surface area contributed by atoms with E-state index in [1.54, 1.807) is 36.7 Å². The lowest BCUT2D eigenvalue weighted by Crippen LogP contribution is -2.39. The fourth-order valence-corrected chi connectivity index (χ4v) is 3.37. The quantitative estimate of drug-likeness (QED) is 0.452. The smallest absolute Gasteiger partial charge is 0.329 e. The molecule has 1 aromatic carbocycles. The van der Waals surface area contributed by atoms with E-state index >= 15 is 0 Å². The normalized spacial score (nSPS) is 18.9. The Hall–Kier alpha value is -4.35. The van der Waals surface area contributed by atoms with Crippen LogP contribution in [0.25, 0.3) is 0 Å². The SMILES string of the molecule is CC(=O)Oc1cccn1C.CC1C(=O)N(C)C(=O)N1C.CCN1C(=O)N(C)C(=O)C1Oc1ccccc1. The second-order valence-electron chi connectivity index (χ2n) is 8.27. The van der Waals surface area contributed by atoms with E-state index in [9.17, 15) is 24.0 Å². The third-order valence-corrected chi connectivity index (χ3v) is 5.69. The van der Waals surface area contributed by atoms with Gasteiger partial charge in [0.2, 0.25) is 5.88 Å². The highest BCUT2D eigenvalue weighted by molar-refractivity contribution is 6.03. The van der Waals surface area contributed by atoms with E-state index in [1.807, 2.05) is 44.4 Å². The number of likely N-dealkylation sites (N-methyl/N-ethyl adjacent to an activating group) is 4. The van der Waals surface area contributed by atoms with Gasteiger partial charge in [-0.2, -0.15) is 0 Å². The van der Waals surface area contributed by atoms with Crippen molar-refractivity contribution in [3.8, 4) is 11.6 Å². The van der Waals surface area contributed by atoms with Gasteiger partial charge in [0.25, 0.3) is 18.0 Å². The molecule has 0 radical (unpaired) electrons. The molecule has 2 atom stereocenters. The molecule has 0 N–H and O–H groups in total. The standard InChI is InChI=1S/C12H14N2O3.C7H9NO2.C6H10N2O2/c1-3-14-11(10(15)13(2)12(14)16)17-9-7-5-4-6-8-9;1-6(9)10-7-4-3-5-8(7)2;1-4-5(9)8(3)6(10)7(4)2/h4-8,11H,3H2,1-2H3;3-5H,1-2H3;4H,1-3H3. The summed E-state index contributed by atoms with van der Waals surface area (Å²) in [6, 6.07) is 11.7. The summed E-state index contributed by atoms with van der Waals surface area (Å²) in [5, 5.41) is 0. The van der Waals surface area contributed by atoms with Crippen LogP contribution in [0.4, 0.5) is 9.59 Å². The molecule has 1 aromatic heterocycles. The summed E-state index contributed by atoms with van der Waals surface area (Å²) in [5.41, 5.74) is 0. The number of aromatic nitrogens is 1. The van der Waals surface area contributed by atoms with Gasteiger partial charge >= 0.3 is 18.0 Å². The number of ether oxygens (including phenoxy) is 2. The zero-order valence-corrected chi connectivity index (χ0v) is 22.1. The van der Waals surface area contributed by atoms with Crippen LogP contribution in [-0.2, 0) is 21.4 Å². The van der Waals surface area contributed by atoms with Crippen LogP contribution in [0.3, 0.4) is 0 Å². The van der Waals surface area contributed by atoms with Crippen LogP contribution in [0, 0.1) is 0 Å². The number of hydrogen-bond donors (Lipinski definition) is 0. The van der Waals surface area contributed by atoms with E-state index in [0.717, 1.165) is 9.80 Å². The molecule has 2 fully saturated rings. The number of benzene rings is 1. The van der Waals surface area contributed by atoms with E-state index in [2.05, 4.69) is 0 Å². The van der Waals surface area contributed by atoms with Gasteiger partial charge in [0.1, 0.15) is 11.8 Å². The van der Waals surface area contributed by atoms with Crippen LogP contribution in [0.2, 0.25) is 0 Å². The van der Waals surface area contributed by atoms with Gasteiger partial charge in [0.05, 0.1) is 0 Å². The van der Waals surface area contributed by atoms with Crippen molar-refractivity contribution in [1.29, 1.82) is 0 Å². The number of rotatable bonds is 4. The number of aryl methyl sites for hydroxylation is 1. The van der Waals surface area contributed by atoms with Gasteiger partial charge in [0, 0.05) is 53.9 Å². The zero-order chi connectivity index (χ0) is 27.9. The summed E-state index contributed by atoms with van der Waals surface area (Å²) in [5.74, 6) is 0.398. The number of esters is 1. The minimum atomic E-state index is -0.847. The lowest BCUT2D eigenvalue weighted by Gasteiger charge is -2.20. The number of nitrogens with zero attached hydrogens (tertiary/aromatic N) is 5. The second-order valence-corrected chi connectivity index (χ2v) is 8.27. The predicted molar refractivity (Wildman–Crippen MR) is 134 cm³/mol. The second kappa shape index (κ2) is 12.6. The molecular weight excluding hydrogens is 482 g/mol. The molecule has 12 nitrogen and oxygen atoms in total. The average molecular weight is 516 g/mol. The van der Waals surface area contributed by atoms with Crippen LogP contribution in [0.15, 0.2) is 48.7 Å². The first-order valence-corrected chi connectivity index (χ1v) is 11.5. The van der Waals surface area contributed by atoms with Crippen molar-refractivity contribution in [3.63, 3.8) is 0 Å². The number of urea groups is 2. The Morgan fingerprint density at radius 3 is 1.86 bits per heavy atom. The molecular formula is C25H33N5O7. The van der Waals surface area contributed by atoms with Gasteiger partial charge in [-0.05, 0) is 32.0 Å². The lowest BCUT2D eigenvalue weighted by molar-refractivity contribution is -0.134. The Morgan fingerprint density at radius 1 is 0.865 bits per heavy atom. The molecule has 0 saturated carbocycles. The molecule has 2 unspecified atom stereocenters. The van der Waals surface area contributed by atoms with Crippen LogP contribution < -0.4 is 9.47 Å². The van der Waals surface area contributed by atoms with E-state index in [0.29, 0.717) is 18.2 Å². The van der Waals surface area contributed by atoms with Crippen molar-refractivity contribution in [3.05, 3.63) is 48.7 Å². The molecule has 3 heterocycles. The summed E-state index contributed by atoms with van der Waals surface area (Å²) in [6.07, 6.45) is 0.970. The van der Waals surface area contributed by atoms with Crippen molar-refractivity contribution in [2.45, 2.75) is 33.0 Å². The Morgan fingerprint density at radius 2 is 1.46 bits per heavy atom. The topological polar surface area (TPSA) is 122 Å². The molecule has 0 spiro atoms. The molecule has 37 heavy (non-hydrogen) atoms. The van der Waals surface area contributed by atoms with Gasteiger partial charge in [-0.25, -0.2) is 9.59 Å². The van der Waals surface area contributed by atoms with Crippen molar-refractivity contribution in [1.82, 2.24) is 24.2 Å². The number of para-hydroxylation sites is 1. The fourth-order valence-electron chi connectivity index (χ4n) is 3.37. The molecule has 6 amide bonds. The maximum absolute atomic E-state index is 11.8. The van der Waals surface area contributed by atoms with E-state index in [1.165, 1.54) is 30.8 Å². The highest BCUT2D eigenvalue weighted by atomic mass is 16.5. The van der Waals surface area contributed by atoms with Crippen molar-refractivity contribution in [2.24, 2.45) is 7.05 Å². The molecule has 2 aliphatic rings. The zero-order valence-electron chi connectivity index (χ0n) is 22.1. The number of amides is 6.